The highest BCUT2D eigenvalue weighted by atomic mass is 127. The Bertz CT molecular complexity index is 842. The number of benzene rings is 1. The molecule has 1 spiro atoms. The third-order valence-corrected chi connectivity index (χ3v) is 6.09. The first kappa shape index (κ1) is 22.1. The van der Waals surface area contributed by atoms with E-state index < -0.39 is 0 Å². The van der Waals surface area contributed by atoms with Crippen LogP contribution in [-0.2, 0) is 11.3 Å². The van der Waals surface area contributed by atoms with Crippen molar-refractivity contribution >= 4 is 29.9 Å². The van der Waals surface area contributed by atoms with E-state index in [2.05, 4.69) is 43.1 Å². The minimum absolute atomic E-state index is 0. The van der Waals surface area contributed by atoms with Gasteiger partial charge in [0.2, 0.25) is 0 Å². The average molecular weight is 509 g/mol. The zero-order valence-electron chi connectivity index (χ0n) is 17.6. The molecule has 2 aliphatic rings. The SMILES string of the molecule is CCNC(=NCc1c(C)nn(-c2ccccc2)c1C)N1CCC2(CCOC2)C1.I. The van der Waals surface area contributed by atoms with Crippen molar-refractivity contribution in [2.24, 2.45) is 10.4 Å². The molecule has 3 heterocycles. The Labute approximate surface area is 190 Å². The lowest BCUT2D eigenvalue weighted by atomic mass is 9.87. The van der Waals surface area contributed by atoms with E-state index in [4.69, 9.17) is 14.8 Å². The molecule has 1 atom stereocenters. The molecule has 7 heteroatoms. The summed E-state index contributed by atoms with van der Waals surface area (Å²) >= 11 is 0. The van der Waals surface area contributed by atoms with E-state index in [-0.39, 0.29) is 24.0 Å². The molecule has 0 radical (unpaired) electrons. The molecule has 29 heavy (non-hydrogen) atoms. The maximum absolute atomic E-state index is 5.68. The van der Waals surface area contributed by atoms with Crippen molar-refractivity contribution < 1.29 is 4.74 Å². The van der Waals surface area contributed by atoms with Crippen molar-refractivity contribution in [2.45, 2.75) is 40.2 Å². The first-order chi connectivity index (χ1) is 13.6. The van der Waals surface area contributed by atoms with E-state index in [0.717, 1.165) is 55.9 Å². The Hall–Kier alpha value is -1.61. The van der Waals surface area contributed by atoms with E-state index in [0.29, 0.717) is 12.0 Å². The number of aliphatic imine (C=N–C) groups is 1. The number of guanidine groups is 1. The van der Waals surface area contributed by atoms with E-state index >= 15 is 0 Å². The van der Waals surface area contributed by atoms with Gasteiger partial charge < -0.3 is 15.0 Å². The molecule has 6 nitrogen and oxygen atoms in total. The van der Waals surface area contributed by atoms with Crippen LogP contribution in [0.1, 0.15) is 36.7 Å². The summed E-state index contributed by atoms with van der Waals surface area (Å²) in [6, 6.07) is 10.3. The molecule has 1 unspecified atom stereocenters. The van der Waals surface area contributed by atoms with Crippen molar-refractivity contribution in [1.82, 2.24) is 20.0 Å². The number of rotatable bonds is 4. The Morgan fingerprint density at radius 3 is 2.72 bits per heavy atom. The van der Waals surface area contributed by atoms with Crippen LogP contribution in [0.4, 0.5) is 0 Å². The van der Waals surface area contributed by atoms with Gasteiger partial charge in [-0.2, -0.15) is 5.10 Å². The second-order valence-electron chi connectivity index (χ2n) is 8.04. The van der Waals surface area contributed by atoms with Crippen LogP contribution in [0, 0.1) is 19.3 Å². The molecule has 0 bridgehead atoms. The number of halogens is 1. The topological polar surface area (TPSA) is 54.7 Å². The van der Waals surface area contributed by atoms with Crippen LogP contribution < -0.4 is 5.32 Å². The number of para-hydroxylation sites is 1. The molecule has 158 valence electrons. The highest BCUT2D eigenvalue weighted by molar-refractivity contribution is 14.0. The molecular weight excluding hydrogens is 477 g/mol. The minimum Gasteiger partial charge on any atom is -0.381 e. The summed E-state index contributed by atoms with van der Waals surface area (Å²) in [4.78, 5) is 7.39. The number of aryl methyl sites for hydroxylation is 1. The van der Waals surface area contributed by atoms with Crippen molar-refractivity contribution in [3.8, 4) is 5.69 Å². The van der Waals surface area contributed by atoms with Gasteiger partial charge in [0.1, 0.15) is 0 Å². The summed E-state index contributed by atoms with van der Waals surface area (Å²) in [5.74, 6) is 1.01. The zero-order chi connectivity index (χ0) is 19.6. The Kier molecular flexibility index (Phi) is 7.21. The van der Waals surface area contributed by atoms with Gasteiger partial charge in [0.25, 0.3) is 0 Å². The summed E-state index contributed by atoms with van der Waals surface area (Å²) in [5.41, 5.74) is 4.83. The Balaban J connectivity index is 0.00000240. The highest BCUT2D eigenvalue weighted by Crippen LogP contribution is 2.38. The maximum Gasteiger partial charge on any atom is 0.194 e. The van der Waals surface area contributed by atoms with Crippen molar-refractivity contribution in [2.75, 3.05) is 32.8 Å². The molecule has 2 fully saturated rings. The normalized spacial score (nSPS) is 21.6. The van der Waals surface area contributed by atoms with Gasteiger partial charge in [-0.1, -0.05) is 18.2 Å². The molecule has 2 saturated heterocycles. The second kappa shape index (κ2) is 9.47. The van der Waals surface area contributed by atoms with Crippen LogP contribution >= 0.6 is 24.0 Å². The number of ether oxygens (including phenoxy) is 1. The van der Waals surface area contributed by atoms with Gasteiger partial charge in [-0.05, 0) is 45.7 Å². The monoisotopic (exact) mass is 509 g/mol. The fourth-order valence-corrected chi connectivity index (χ4v) is 4.39. The van der Waals surface area contributed by atoms with Crippen LogP contribution in [0.3, 0.4) is 0 Å². The standard InChI is InChI=1S/C22H31N5O.HI/c1-4-23-21(26-12-10-22(15-26)11-13-28-16-22)24-14-20-17(2)25-27(18(20)3)19-8-6-5-7-9-19;/h5-9H,4,10-16H2,1-3H3,(H,23,24);1H. The van der Waals surface area contributed by atoms with Crippen LogP contribution in [0.5, 0.6) is 0 Å². The second-order valence-corrected chi connectivity index (χ2v) is 8.04. The van der Waals surface area contributed by atoms with E-state index in [1.165, 1.54) is 18.4 Å². The van der Waals surface area contributed by atoms with Crippen LogP contribution in [0.15, 0.2) is 35.3 Å². The first-order valence-electron chi connectivity index (χ1n) is 10.3. The lowest BCUT2D eigenvalue weighted by Crippen LogP contribution is -2.41. The number of likely N-dealkylation sites (tertiary alicyclic amines) is 1. The van der Waals surface area contributed by atoms with Gasteiger partial charge >= 0.3 is 0 Å². The lowest BCUT2D eigenvalue weighted by molar-refractivity contribution is 0.156. The van der Waals surface area contributed by atoms with Crippen LogP contribution in [-0.4, -0.2) is 53.5 Å². The quantitative estimate of drug-likeness (QED) is 0.388. The smallest absolute Gasteiger partial charge is 0.194 e. The van der Waals surface area contributed by atoms with Crippen molar-refractivity contribution in [1.29, 1.82) is 0 Å². The van der Waals surface area contributed by atoms with Crippen LogP contribution in [0.2, 0.25) is 0 Å². The predicted molar refractivity (Wildman–Crippen MR) is 127 cm³/mol. The lowest BCUT2D eigenvalue weighted by Gasteiger charge is -2.25. The van der Waals surface area contributed by atoms with Gasteiger partial charge in [0.05, 0.1) is 24.5 Å². The zero-order valence-corrected chi connectivity index (χ0v) is 20.0. The Morgan fingerprint density at radius 2 is 2.03 bits per heavy atom. The summed E-state index contributed by atoms with van der Waals surface area (Å²) in [5, 5.41) is 8.24. The van der Waals surface area contributed by atoms with Gasteiger partial charge in [0.15, 0.2) is 5.96 Å². The molecule has 1 N–H and O–H groups in total. The third kappa shape index (κ3) is 4.60. The van der Waals surface area contributed by atoms with Crippen molar-refractivity contribution in [3.05, 3.63) is 47.3 Å². The molecule has 0 amide bonds. The molecular formula is C22H32IN5O. The molecule has 2 aliphatic heterocycles. The molecule has 0 aliphatic carbocycles. The van der Waals surface area contributed by atoms with Gasteiger partial charge in [0, 0.05) is 42.9 Å². The molecule has 0 saturated carbocycles. The van der Waals surface area contributed by atoms with E-state index in [9.17, 15) is 0 Å². The summed E-state index contributed by atoms with van der Waals surface area (Å²) in [6.07, 6.45) is 2.37. The summed E-state index contributed by atoms with van der Waals surface area (Å²) in [7, 11) is 0. The molecule has 4 rings (SSSR count). The van der Waals surface area contributed by atoms with Crippen LogP contribution in [0.25, 0.3) is 5.69 Å². The third-order valence-electron chi connectivity index (χ3n) is 6.09. The number of aromatic nitrogens is 2. The van der Waals surface area contributed by atoms with Gasteiger partial charge in [-0.25, -0.2) is 9.67 Å². The Morgan fingerprint density at radius 1 is 1.24 bits per heavy atom. The number of hydrogen-bond acceptors (Lipinski definition) is 3. The molecule has 1 aromatic carbocycles. The number of nitrogens with zero attached hydrogens (tertiary/aromatic N) is 4. The predicted octanol–water partition coefficient (Wildman–Crippen LogP) is 3.69. The summed E-state index contributed by atoms with van der Waals surface area (Å²) in [6.45, 7) is 11.7. The van der Waals surface area contributed by atoms with Crippen molar-refractivity contribution in [3.63, 3.8) is 0 Å². The number of hydrogen-bond donors (Lipinski definition) is 1. The first-order valence-corrected chi connectivity index (χ1v) is 10.3. The summed E-state index contributed by atoms with van der Waals surface area (Å²) < 4.78 is 7.70. The van der Waals surface area contributed by atoms with Gasteiger partial charge in [-0.3, -0.25) is 0 Å². The van der Waals surface area contributed by atoms with E-state index in [1.807, 2.05) is 22.9 Å². The minimum atomic E-state index is 0. The molecule has 1 aromatic heterocycles. The number of nitrogens with one attached hydrogen (secondary N) is 1. The fourth-order valence-electron chi connectivity index (χ4n) is 4.39. The largest absolute Gasteiger partial charge is 0.381 e. The molecule has 2 aromatic rings. The van der Waals surface area contributed by atoms with Gasteiger partial charge in [-0.15, -0.1) is 24.0 Å². The maximum atomic E-state index is 5.68. The highest BCUT2D eigenvalue weighted by Gasteiger charge is 2.42. The average Bonchev–Trinajstić information content (AvgIpc) is 3.42. The van der Waals surface area contributed by atoms with E-state index in [1.54, 1.807) is 0 Å². The fraction of sp³-hybridized carbons (Fsp3) is 0.545.